The summed E-state index contributed by atoms with van der Waals surface area (Å²) in [4.78, 5) is 26.2. The van der Waals surface area contributed by atoms with E-state index in [4.69, 9.17) is 11.6 Å². The molecule has 114 valence electrons. The molecule has 1 fully saturated rings. The average Bonchev–Trinajstić information content (AvgIpc) is 2.96. The summed E-state index contributed by atoms with van der Waals surface area (Å²) in [5.74, 6) is -0.0229. The highest BCUT2D eigenvalue weighted by Crippen LogP contribution is 2.21. The van der Waals surface area contributed by atoms with Crippen LogP contribution >= 0.6 is 11.6 Å². The van der Waals surface area contributed by atoms with Crippen molar-refractivity contribution >= 4 is 29.1 Å². The Morgan fingerprint density at radius 1 is 1.33 bits per heavy atom. The van der Waals surface area contributed by atoms with Gasteiger partial charge >= 0.3 is 0 Å². The summed E-state index contributed by atoms with van der Waals surface area (Å²) >= 11 is 5.82. The van der Waals surface area contributed by atoms with Gasteiger partial charge in [0, 0.05) is 23.7 Å². The first-order valence-corrected chi connectivity index (χ1v) is 7.85. The largest absolute Gasteiger partial charge is 0.331 e. The second kappa shape index (κ2) is 7.46. The molecule has 1 aliphatic rings. The summed E-state index contributed by atoms with van der Waals surface area (Å²) in [7, 11) is 0. The van der Waals surface area contributed by atoms with E-state index in [9.17, 15) is 9.59 Å². The number of benzene rings is 1. The maximum atomic E-state index is 12.4. The van der Waals surface area contributed by atoms with Crippen molar-refractivity contribution in [1.82, 2.24) is 4.90 Å². The Labute approximate surface area is 130 Å². The average molecular weight is 309 g/mol. The number of carbonyl (C=O) groups excluding carboxylic acids is 2. The van der Waals surface area contributed by atoms with Crippen molar-refractivity contribution in [1.29, 1.82) is 0 Å². The Balaban J connectivity index is 1.97. The van der Waals surface area contributed by atoms with E-state index in [1.54, 1.807) is 29.2 Å². The molecule has 0 saturated carbocycles. The molecule has 0 bridgehead atoms. The first-order chi connectivity index (χ1) is 10.1. The summed E-state index contributed by atoms with van der Waals surface area (Å²) in [6.45, 7) is 2.74. The van der Waals surface area contributed by atoms with E-state index < -0.39 is 0 Å². The number of nitrogens with one attached hydrogen (secondary N) is 1. The van der Waals surface area contributed by atoms with E-state index in [2.05, 4.69) is 12.2 Å². The van der Waals surface area contributed by atoms with Crippen molar-refractivity contribution in [2.24, 2.45) is 0 Å². The first-order valence-electron chi connectivity index (χ1n) is 7.47. The van der Waals surface area contributed by atoms with Gasteiger partial charge in [0.2, 0.25) is 11.8 Å². The van der Waals surface area contributed by atoms with E-state index in [-0.39, 0.29) is 17.9 Å². The number of amides is 2. The molecule has 0 radical (unpaired) electrons. The maximum Gasteiger partial charge on any atom is 0.247 e. The fraction of sp³-hybridized carbons (Fsp3) is 0.500. The van der Waals surface area contributed by atoms with Crippen LogP contribution < -0.4 is 5.32 Å². The minimum atomic E-state index is -0.343. The van der Waals surface area contributed by atoms with Crippen LogP contribution in [0.15, 0.2) is 24.3 Å². The van der Waals surface area contributed by atoms with Crippen LogP contribution in [0.2, 0.25) is 5.02 Å². The van der Waals surface area contributed by atoms with E-state index in [1.165, 1.54) is 0 Å². The van der Waals surface area contributed by atoms with Gasteiger partial charge in [0.25, 0.3) is 0 Å². The fourth-order valence-electron chi connectivity index (χ4n) is 2.57. The lowest BCUT2D eigenvalue weighted by Crippen LogP contribution is -2.43. The zero-order chi connectivity index (χ0) is 15.2. The molecule has 21 heavy (non-hydrogen) atoms. The molecule has 1 atom stereocenters. The fourth-order valence-corrected chi connectivity index (χ4v) is 2.69. The molecule has 1 aliphatic heterocycles. The van der Waals surface area contributed by atoms with Crippen molar-refractivity contribution in [2.75, 3.05) is 11.9 Å². The van der Waals surface area contributed by atoms with E-state index >= 15 is 0 Å². The minimum Gasteiger partial charge on any atom is -0.331 e. The van der Waals surface area contributed by atoms with Crippen LogP contribution in [-0.4, -0.2) is 29.3 Å². The van der Waals surface area contributed by atoms with E-state index in [0.29, 0.717) is 23.7 Å². The predicted molar refractivity (Wildman–Crippen MR) is 84.3 cm³/mol. The summed E-state index contributed by atoms with van der Waals surface area (Å²) in [6.07, 6.45) is 4.01. The number of likely N-dealkylation sites (tertiary alicyclic amines) is 1. The highest BCUT2D eigenvalue weighted by Gasteiger charge is 2.33. The van der Waals surface area contributed by atoms with Crippen molar-refractivity contribution < 1.29 is 9.59 Å². The van der Waals surface area contributed by atoms with Gasteiger partial charge < -0.3 is 10.2 Å². The lowest BCUT2D eigenvalue weighted by atomic mass is 10.1. The van der Waals surface area contributed by atoms with Gasteiger partial charge in [-0.05, 0) is 43.5 Å². The number of halogens is 1. The van der Waals surface area contributed by atoms with Gasteiger partial charge in [-0.1, -0.05) is 24.9 Å². The zero-order valence-electron chi connectivity index (χ0n) is 12.3. The second-order valence-corrected chi connectivity index (χ2v) is 5.78. The lowest BCUT2D eigenvalue weighted by Gasteiger charge is -2.24. The SMILES string of the molecule is CCCCC(=O)N1CCC[C@@H]1C(=O)Nc1ccc(Cl)cc1. The molecule has 5 heteroatoms. The van der Waals surface area contributed by atoms with Crippen LogP contribution in [0, 0.1) is 0 Å². The number of carbonyl (C=O) groups is 2. The van der Waals surface area contributed by atoms with Crippen molar-refractivity contribution in [3.05, 3.63) is 29.3 Å². The number of anilines is 1. The predicted octanol–water partition coefficient (Wildman–Crippen LogP) is 3.46. The third kappa shape index (κ3) is 4.21. The van der Waals surface area contributed by atoms with Crippen LogP contribution in [-0.2, 0) is 9.59 Å². The van der Waals surface area contributed by atoms with Gasteiger partial charge in [-0.2, -0.15) is 0 Å². The summed E-state index contributed by atoms with van der Waals surface area (Å²) in [6, 6.07) is 6.65. The summed E-state index contributed by atoms with van der Waals surface area (Å²) in [5, 5.41) is 3.49. The van der Waals surface area contributed by atoms with Crippen LogP contribution in [0.4, 0.5) is 5.69 Å². The van der Waals surface area contributed by atoms with E-state index in [0.717, 1.165) is 25.7 Å². The summed E-state index contributed by atoms with van der Waals surface area (Å²) < 4.78 is 0. The molecule has 1 aromatic carbocycles. The molecule has 1 saturated heterocycles. The van der Waals surface area contributed by atoms with Crippen LogP contribution in [0.1, 0.15) is 39.0 Å². The quantitative estimate of drug-likeness (QED) is 0.905. The molecule has 0 spiro atoms. The molecular weight excluding hydrogens is 288 g/mol. The Bertz CT molecular complexity index is 502. The Hall–Kier alpha value is -1.55. The number of unbranched alkanes of at least 4 members (excludes halogenated alkanes) is 1. The molecule has 1 N–H and O–H groups in total. The molecule has 2 rings (SSSR count). The Morgan fingerprint density at radius 2 is 2.05 bits per heavy atom. The van der Waals surface area contributed by atoms with Crippen LogP contribution in [0.3, 0.4) is 0 Å². The van der Waals surface area contributed by atoms with Crippen molar-refractivity contribution in [3.8, 4) is 0 Å². The number of nitrogens with zero attached hydrogens (tertiary/aromatic N) is 1. The van der Waals surface area contributed by atoms with Crippen LogP contribution in [0.25, 0.3) is 0 Å². The lowest BCUT2D eigenvalue weighted by molar-refractivity contribution is -0.136. The van der Waals surface area contributed by atoms with Crippen molar-refractivity contribution in [2.45, 2.75) is 45.1 Å². The third-order valence-electron chi connectivity index (χ3n) is 3.73. The zero-order valence-corrected chi connectivity index (χ0v) is 13.0. The van der Waals surface area contributed by atoms with Crippen LogP contribution in [0.5, 0.6) is 0 Å². The second-order valence-electron chi connectivity index (χ2n) is 5.34. The number of hydrogen-bond acceptors (Lipinski definition) is 2. The number of hydrogen-bond donors (Lipinski definition) is 1. The van der Waals surface area contributed by atoms with Gasteiger partial charge in [-0.15, -0.1) is 0 Å². The summed E-state index contributed by atoms with van der Waals surface area (Å²) in [5.41, 5.74) is 0.706. The van der Waals surface area contributed by atoms with Gasteiger partial charge in [0.1, 0.15) is 6.04 Å². The van der Waals surface area contributed by atoms with Gasteiger partial charge in [-0.25, -0.2) is 0 Å². The monoisotopic (exact) mass is 308 g/mol. The highest BCUT2D eigenvalue weighted by atomic mass is 35.5. The Morgan fingerprint density at radius 3 is 2.71 bits per heavy atom. The molecule has 1 aromatic rings. The molecular formula is C16H21ClN2O2. The standard InChI is InChI=1S/C16H21ClN2O2/c1-2-3-6-15(20)19-11-4-5-14(19)16(21)18-13-9-7-12(17)8-10-13/h7-10,14H,2-6,11H2,1H3,(H,18,21)/t14-/m1/s1. The molecule has 4 nitrogen and oxygen atoms in total. The number of rotatable bonds is 5. The minimum absolute atomic E-state index is 0.0885. The van der Waals surface area contributed by atoms with Gasteiger partial charge in [-0.3, -0.25) is 9.59 Å². The topological polar surface area (TPSA) is 49.4 Å². The Kier molecular flexibility index (Phi) is 5.62. The maximum absolute atomic E-state index is 12.4. The van der Waals surface area contributed by atoms with Gasteiger partial charge in [0.05, 0.1) is 0 Å². The highest BCUT2D eigenvalue weighted by molar-refractivity contribution is 6.30. The molecule has 0 aliphatic carbocycles. The third-order valence-corrected chi connectivity index (χ3v) is 3.98. The normalized spacial score (nSPS) is 17.8. The van der Waals surface area contributed by atoms with Gasteiger partial charge in [0.15, 0.2) is 0 Å². The molecule has 1 heterocycles. The smallest absolute Gasteiger partial charge is 0.247 e. The van der Waals surface area contributed by atoms with E-state index in [1.807, 2.05) is 0 Å². The molecule has 0 unspecified atom stereocenters. The molecule has 2 amide bonds. The van der Waals surface area contributed by atoms with Crippen molar-refractivity contribution in [3.63, 3.8) is 0 Å². The first kappa shape index (κ1) is 15.8. The molecule has 0 aromatic heterocycles.